The molecule has 4 nitrogen and oxygen atoms in total. The fourth-order valence-electron chi connectivity index (χ4n) is 2.58. The zero-order valence-corrected chi connectivity index (χ0v) is 15.3. The molecule has 2 heterocycles. The van der Waals surface area contributed by atoms with Gasteiger partial charge in [0, 0.05) is 30.9 Å². The number of rotatable bonds is 4. The van der Waals surface area contributed by atoms with Crippen molar-refractivity contribution in [1.82, 2.24) is 14.7 Å². The fourth-order valence-corrected chi connectivity index (χ4v) is 4.10. The molecule has 0 fully saturated rings. The lowest BCUT2D eigenvalue weighted by molar-refractivity contribution is 0.0790. The van der Waals surface area contributed by atoms with Crippen LogP contribution in [-0.2, 0) is 13.6 Å². The molecular formula is C17H19N3OS2. The summed E-state index contributed by atoms with van der Waals surface area (Å²) in [6, 6.07) is 10.3. The molecule has 1 aromatic carbocycles. The lowest BCUT2D eigenvalue weighted by Crippen LogP contribution is -2.25. The molecule has 0 saturated heterocycles. The minimum atomic E-state index is 0.0551. The Kier molecular flexibility index (Phi) is 4.46. The topological polar surface area (TPSA) is 38.1 Å². The van der Waals surface area contributed by atoms with Gasteiger partial charge >= 0.3 is 0 Å². The summed E-state index contributed by atoms with van der Waals surface area (Å²) in [6.45, 7) is 2.58. The van der Waals surface area contributed by atoms with Gasteiger partial charge in [0.25, 0.3) is 5.91 Å². The van der Waals surface area contributed by atoms with Crippen molar-refractivity contribution >= 4 is 39.2 Å². The van der Waals surface area contributed by atoms with Gasteiger partial charge in [-0.05, 0) is 36.9 Å². The molecule has 0 aliphatic heterocycles. The molecule has 0 saturated carbocycles. The molecule has 1 amide bonds. The van der Waals surface area contributed by atoms with Crippen LogP contribution in [0.3, 0.4) is 0 Å². The molecule has 6 heteroatoms. The van der Waals surface area contributed by atoms with E-state index in [0.29, 0.717) is 6.54 Å². The summed E-state index contributed by atoms with van der Waals surface area (Å²) in [5, 5.41) is 5.45. The highest BCUT2D eigenvalue weighted by Gasteiger charge is 2.18. The molecule has 0 aliphatic rings. The van der Waals surface area contributed by atoms with Gasteiger partial charge in [0.15, 0.2) is 0 Å². The molecule has 23 heavy (non-hydrogen) atoms. The number of thiophene rings is 1. The Morgan fingerprint density at radius 3 is 2.65 bits per heavy atom. The molecule has 3 aromatic rings. The van der Waals surface area contributed by atoms with E-state index in [1.165, 1.54) is 16.2 Å². The zero-order valence-electron chi connectivity index (χ0n) is 13.7. The maximum atomic E-state index is 12.7. The summed E-state index contributed by atoms with van der Waals surface area (Å²) < 4.78 is 1.84. The van der Waals surface area contributed by atoms with E-state index in [-0.39, 0.29) is 5.91 Å². The normalized spacial score (nSPS) is 11.1. The lowest BCUT2D eigenvalue weighted by Gasteiger charge is -2.16. The third kappa shape index (κ3) is 3.14. The number of aryl methyl sites for hydroxylation is 2. The molecule has 0 atom stereocenters. The van der Waals surface area contributed by atoms with Crippen LogP contribution in [0.5, 0.6) is 0 Å². The Balaban J connectivity index is 1.78. The van der Waals surface area contributed by atoms with Crippen LogP contribution in [0.2, 0.25) is 0 Å². The predicted molar refractivity (Wildman–Crippen MR) is 97.3 cm³/mol. The van der Waals surface area contributed by atoms with Crippen LogP contribution in [0.25, 0.3) is 10.2 Å². The number of thioether (sulfide) groups is 1. The van der Waals surface area contributed by atoms with E-state index >= 15 is 0 Å². The summed E-state index contributed by atoms with van der Waals surface area (Å²) in [7, 11) is 3.76. The predicted octanol–water partition coefficient (Wildman–Crippen LogP) is 3.94. The van der Waals surface area contributed by atoms with E-state index in [1.807, 2.05) is 31.8 Å². The van der Waals surface area contributed by atoms with Gasteiger partial charge in [0.05, 0.1) is 10.6 Å². The van der Waals surface area contributed by atoms with Gasteiger partial charge in [-0.3, -0.25) is 9.48 Å². The van der Waals surface area contributed by atoms with E-state index in [9.17, 15) is 4.79 Å². The minimum absolute atomic E-state index is 0.0551. The summed E-state index contributed by atoms with van der Waals surface area (Å²) in [4.78, 5) is 17.5. The number of fused-ring (bicyclic) bond motifs is 1. The molecule has 0 aliphatic carbocycles. The molecule has 3 rings (SSSR count). The molecule has 0 radical (unpaired) electrons. The zero-order chi connectivity index (χ0) is 16.6. The SMILES string of the molecule is CSc1ccc(CN(C)C(=O)c2cc3c(C)nn(C)c3s2)cc1. The molecule has 0 bridgehead atoms. The summed E-state index contributed by atoms with van der Waals surface area (Å²) in [5.74, 6) is 0.0551. The van der Waals surface area contributed by atoms with E-state index in [0.717, 1.165) is 26.4 Å². The number of nitrogens with zero attached hydrogens (tertiary/aromatic N) is 3. The van der Waals surface area contributed by atoms with Crippen molar-refractivity contribution in [3.8, 4) is 0 Å². The first-order valence-corrected chi connectivity index (χ1v) is 9.35. The maximum absolute atomic E-state index is 12.7. The number of carbonyl (C=O) groups is 1. The number of carbonyl (C=O) groups excluding carboxylic acids is 1. The summed E-state index contributed by atoms with van der Waals surface area (Å²) in [6.07, 6.45) is 2.06. The van der Waals surface area contributed by atoms with Gasteiger partial charge in [0.1, 0.15) is 4.83 Å². The van der Waals surface area contributed by atoms with E-state index < -0.39 is 0 Å². The van der Waals surface area contributed by atoms with Gasteiger partial charge in [0.2, 0.25) is 0 Å². The number of hydrogen-bond acceptors (Lipinski definition) is 4. The Morgan fingerprint density at radius 1 is 1.35 bits per heavy atom. The number of aromatic nitrogens is 2. The van der Waals surface area contributed by atoms with Gasteiger partial charge in [-0.1, -0.05) is 12.1 Å². The van der Waals surface area contributed by atoms with Crippen LogP contribution in [0, 0.1) is 6.92 Å². The van der Waals surface area contributed by atoms with Crippen molar-refractivity contribution in [1.29, 1.82) is 0 Å². The second-order valence-corrected chi connectivity index (χ2v) is 7.46. The highest BCUT2D eigenvalue weighted by atomic mass is 32.2. The van der Waals surface area contributed by atoms with Crippen molar-refractivity contribution in [3.05, 3.63) is 46.5 Å². The third-order valence-corrected chi connectivity index (χ3v) is 5.77. The highest BCUT2D eigenvalue weighted by molar-refractivity contribution is 7.98. The van der Waals surface area contributed by atoms with Crippen LogP contribution in [0.15, 0.2) is 35.2 Å². The quantitative estimate of drug-likeness (QED) is 0.672. The maximum Gasteiger partial charge on any atom is 0.264 e. The van der Waals surface area contributed by atoms with Gasteiger partial charge in [-0.15, -0.1) is 23.1 Å². The Bertz CT molecular complexity index is 814. The lowest BCUT2D eigenvalue weighted by atomic mass is 10.2. The van der Waals surface area contributed by atoms with Crippen molar-refractivity contribution in [2.45, 2.75) is 18.4 Å². The second-order valence-electron chi connectivity index (χ2n) is 5.55. The molecule has 2 aromatic heterocycles. The molecule has 120 valence electrons. The number of amides is 1. The average molecular weight is 345 g/mol. The van der Waals surface area contributed by atoms with Crippen molar-refractivity contribution in [3.63, 3.8) is 0 Å². The van der Waals surface area contributed by atoms with Crippen molar-refractivity contribution in [2.24, 2.45) is 7.05 Å². The third-order valence-electron chi connectivity index (χ3n) is 3.83. The first-order chi connectivity index (χ1) is 11.0. The van der Waals surface area contributed by atoms with E-state index in [1.54, 1.807) is 16.7 Å². The standard InChI is InChI=1S/C17H19N3OS2/c1-11-14-9-15(23-17(14)20(3)18-11)16(21)19(2)10-12-5-7-13(22-4)8-6-12/h5-9H,10H2,1-4H3. The molecule has 0 N–H and O–H groups in total. The fraction of sp³-hybridized carbons (Fsp3) is 0.294. The Labute approximate surface area is 144 Å². The smallest absolute Gasteiger partial charge is 0.264 e. The van der Waals surface area contributed by atoms with E-state index in [4.69, 9.17) is 0 Å². The second kappa shape index (κ2) is 6.37. The first-order valence-electron chi connectivity index (χ1n) is 7.31. The largest absolute Gasteiger partial charge is 0.337 e. The van der Waals surface area contributed by atoms with Crippen LogP contribution in [0.1, 0.15) is 20.9 Å². The van der Waals surface area contributed by atoms with Gasteiger partial charge in [-0.2, -0.15) is 5.10 Å². The molecule has 0 spiro atoms. The first kappa shape index (κ1) is 16.1. The van der Waals surface area contributed by atoms with Crippen molar-refractivity contribution < 1.29 is 4.79 Å². The van der Waals surface area contributed by atoms with Crippen LogP contribution in [-0.4, -0.2) is 33.9 Å². The minimum Gasteiger partial charge on any atom is -0.337 e. The Hall–Kier alpha value is -1.79. The Morgan fingerprint density at radius 2 is 2.04 bits per heavy atom. The average Bonchev–Trinajstić information content (AvgIpc) is 3.09. The number of benzene rings is 1. The summed E-state index contributed by atoms with van der Waals surface area (Å²) >= 11 is 3.22. The van der Waals surface area contributed by atoms with Crippen LogP contribution in [0.4, 0.5) is 0 Å². The summed E-state index contributed by atoms with van der Waals surface area (Å²) in [5.41, 5.74) is 2.10. The van der Waals surface area contributed by atoms with E-state index in [2.05, 4.69) is 35.6 Å². The van der Waals surface area contributed by atoms with Gasteiger partial charge < -0.3 is 4.90 Å². The van der Waals surface area contributed by atoms with Gasteiger partial charge in [-0.25, -0.2) is 0 Å². The van der Waals surface area contributed by atoms with Crippen molar-refractivity contribution in [2.75, 3.05) is 13.3 Å². The molecular weight excluding hydrogens is 326 g/mol. The number of hydrogen-bond donors (Lipinski definition) is 0. The monoisotopic (exact) mass is 345 g/mol. The highest BCUT2D eigenvalue weighted by Crippen LogP contribution is 2.28. The molecule has 0 unspecified atom stereocenters. The van der Waals surface area contributed by atoms with Crippen LogP contribution >= 0.6 is 23.1 Å². The van der Waals surface area contributed by atoms with Crippen LogP contribution < -0.4 is 0 Å².